The Balaban J connectivity index is 1.10. The van der Waals surface area contributed by atoms with Crippen molar-refractivity contribution in [2.24, 2.45) is 5.10 Å². The second kappa shape index (κ2) is 16.3. The highest BCUT2D eigenvalue weighted by molar-refractivity contribution is 6.69. The van der Waals surface area contributed by atoms with E-state index in [1.54, 1.807) is 6.20 Å². The molecule has 0 aliphatic heterocycles. The summed E-state index contributed by atoms with van der Waals surface area (Å²) in [4.78, 5) is 8.97. The van der Waals surface area contributed by atoms with E-state index in [0.29, 0.717) is 16.4 Å². The van der Waals surface area contributed by atoms with Gasteiger partial charge in [0.1, 0.15) is 5.71 Å². The minimum atomic E-state index is 0.307. The molecule has 0 radical (unpaired) electrons. The highest BCUT2D eigenvalue weighted by Gasteiger charge is 2.24. The molecular formula is C51H37ClN6. The molecule has 0 spiro atoms. The molecule has 0 saturated carbocycles. The Morgan fingerprint density at radius 2 is 0.914 bits per heavy atom. The highest BCUT2D eigenvalue weighted by atomic mass is 35.5. The van der Waals surface area contributed by atoms with Crippen LogP contribution in [-0.2, 0) is 0 Å². The van der Waals surface area contributed by atoms with Gasteiger partial charge in [-0.15, -0.1) is 0 Å². The van der Waals surface area contributed by atoms with Crippen LogP contribution in [0.4, 0.5) is 39.8 Å². The predicted molar refractivity (Wildman–Crippen MR) is 244 cm³/mol. The molecular weight excluding hydrogens is 732 g/mol. The second-order valence-corrected chi connectivity index (χ2v) is 14.2. The zero-order chi connectivity index (χ0) is 39.3. The number of pyridine rings is 1. The Hall–Kier alpha value is -7.54. The maximum atomic E-state index is 9.69. The molecule has 9 rings (SSSR count). The van der Waals surface area contributed by atoms with Crippen molar-refractivity contribution in [2.45, 2.75) is 0 Å². The smallest absolute Gasteiger partial charge is 0.117 e. The lowest BCUT2D eigenvalue weighted by molar-refractivity contribution is 1.28. The van der Waals surface area contributed by atoms with Gasteiger partial charge in [0.05, 0.1) is 16.9 Å². The highest BCUT2D eigenvalue weighted by Crippen LogP contribution is 2.38. The largest absolute Gasteiger partial charge is 0.311 e. The lowest BCUT2D eigenvalue weighted by Crippen LogP contribution is -2.21. The van der Waals surface area contributed by atoms with Crippen molar-refractivity contribution in [3.63, 3.8) is 0 Å². The minimum absolute atomic E-state index is 0.307. The van der Waals surface area contributed by atoms with Crippen molar-refractivity contribution in [1.82, 2.24) is 4.98 Å². The fourth-order valence-electron chi connectivity index (χ4n) is 7.30. The molecule has 1 aromatic heterocycles. The van der Waals surface area contributed by atoms with Gasteiger partial charge in [-0.3, -0.25) is 15.8 Å². The van der Waals surface area contributed by atoms with E-state index in [2.05, 4.69) is 148 Å². The molecule has 0 saturated heterocycles. The number of nitrogens with zero attached hydrogens (tertiary/aromatic N) is 4. The second-order valence-electron chi connectivity index (χ2n) is 13.7. The predicted octanol–water partition coefficient (Wildman–Crippen LogP) is 13.8. The molecule has 0 atom stereocenters. The third kappa shape index (κ3) is 7.40. The van der Waals surface area contributed by atoms with Gasteiger partial charge in [-0.25, -0.2) is 0 Å². The Kier molecular flexibility index (Phi) is 10.1. The monoisotopic (exact) mass is 768 g/mol. The molecule has 1 aliphatic rings. The Morgan fingerprint density at radius 1 is 0.483 bits per heavy atom. The Morgan fingerprint density at radius 3 is 1.40 bits per heavy atom. The van der Waals surface area contributed by atoms with Crippen LogP contribution in [-0.4, -0.2) is 16.4 Å². The molecule has 0 fully saturated rings. The number of nitrogens with one attached hydrogen (secondary N) is 2. The Labute approximate surface area is 342 Å². The number of allylic oxidation sites excluding steroid dienone is 4. The lowest BCUT2D eigenvalue weighted by Gasteiger charge is -2.26. The first kappa shape index (κ1) is 36.1. The molecule has 278 valence electrons. The van der Waals surface area contributed by atoms with Gasteiger partial charge in [-0.2, -0.15) is 5.10 Å². The number of anilines is 7. The standard InChI is InChI=1S/C51H37ClN6/c52-38-25-30-47-48(33-34-54-49(47)35-38)55-56-51-46(37-23-28-44(29-24-37)58(41-17-9-3-10-18-41)42-19-11-4-12-20-42)32-31-45(50(51)53)36-21-26-43(27-22-36)57(39-13-5-1-6-14-39)40-15-7-2-8-16-40/h1-35,53H,(H,54,55)/b53-50?,56-51-. The van der Waals surface area contributed by atoms with Gasteiger partial charge < -0.3 is 9.80 Å². The number of rotatable bonds is 10. The number of hydrogen-bond donors (Lipinski definition) is 2. The molecule has 7 heteroatoms. The van der Waals surface area contributed by atoms with E-state index < -0.39 is 0 Å². The van der Waals surface area contributed by atoms with Crippen LogP contribution in [0.15, 0.2) is 218 Å². The average Bonchev–Trinajstić information content (AvgIpc) is 3.28. The molecule has 58 heavy (non-hydrogen) atoms. The summed E-state index contributed by atoms with van der Waals surface area (Å²) in [7, 11) is 0. The summed E-state index contributed by atoms with van der Waals surface area (Å²) in [5.74, 6) is 0. The van der Waals surface area contributed by atoms with Crippen molar-refractivity contribution >= 4 is 84.9 Å². The SMILES string of the molecule is N=C1C(c2ccc(N(c3ccccc3)c3ccccc3)cc2)=CC=C(c2ccc(N(c3ccccc3)c3ccccc3)cc2)/C1=N/Nc1ccnc2cc(Cl)ccc12. The van der Waals surface area contributed by atoms with E-state index in [-0.39, 0.29) is 0 Å². The van der Waals surface area contributed by atoms with E-state index in [9.17, 15) is 5.41 Å². The summed E-state index contributed by atoms with van der Waals surface area (Å²) in [5, 5.41) is 16.2. The van der Waals surface area contributed by atoms with Gasteiger partial charge in [-0.1, -0.05) is 121 Å². The van der Waals surface area contributed by atoms with Crippen LogP contribution in [0.5, 0.6) is 0 Å². The summed E-state index contributed by atoms with van der Waals surface area (Å²) in [6.45, 7) is 0. The number of benzene rings is 7. The summed E-state index contributed by atoms with van der Waals surface area (Å²) >= 11 is 6.30. The van der Waals surface area contributed by atoms with Gasteiger partial charge >= 0.3 is 0 Å². The molecule has 0 unspecified atom stereocenters. The topological polar surface area (TPSA) is 67.6 Å². The van der Waals surface area contributed by atoms with Crippen LogP contribution in [0.2, 0.25) is 5.02 Å². The van der Waals surface area contributed by atoms with Crippen LogP contribution in [0.3, 0.4) is 0 Å². The van der Waals surface area contributed by atoms with Gasteiger partial charge in [0.2, 0.25) is 0 Å². The molecule has 0 bridgehead atoms. The number of hydrazone groups is 1. The number of halogens is 1. The first-order valence-electron chi connectivity index (χ1n) is 19.0. The number of para-hydroxylation sites is 4. The van der Waals surface area contributed by atoms with Crippen LogP contribution < -0.4 is 15.2 Å². The first-order chi connectivity index (χ1) is 28.6. The molecule has 0 amide bonds. The summed E-state index contributed by atoms with van der Waals surface area (Å²) < 4.78 is 0. The minimum Gasteiger partial charge on any atom is -0.311 e. The van der Waals surface area contributed by atoms with E-state index in [4.69, 9.17) is 16.7 Å². The number of hydrogen-bond acceptors (Lipinski definition) is 6. The van der Waals surface area contributed by atoms with Gasteiger partial charge in [0.15, 0.2) is 0 Å². The van der Waals surface area contributed by atoms with E-state index in [0.717, 1.165) is 73.0 Å². The summed E-state index contributed by atoms with van der Waals surface area (Å²) in [5.41, 5.74) is 15.4. The van der Waals surface area contributed by atoms with E-state index in [1.807, 2.05) is 78.9 Å². The number of aromatic nitrogens is 1. The summed E-state index contributed by atoms with van der Waals surface area (Å²) in [6, 6.07) is 65.7. The normalized spacial score (nSPS) is 13.2. The maximum absolute atomic E-state index is 9.69. The van der Waals surface area contributed by atoms with Gasteiger partial charge in [-0.05, 0) is 108 Å². The van der Waals surface area contributed by atoms with Crippen molar-refractivity contribution < 1.29 is 0 Å². The van der Waals surface area contributed by atoms with E-state index in [1.165, 1.54) is 0 Å². The average molecular weight is 769 g/mol. The van der Waals surface area contributed by atoms with Crippen LogP contribution in [0.1, 0.15) is 11.1 Å². The fraction of sp³-hybridized carbons (Fsp3) is 0. The zero-order valence-corrected chi connectivity index (χ0v) is 32.1. The van der Waals surface area contributed by atoms with Crippen LogP contribution >= 0.6 is 11.6 Å². The Bertz CT molecular complexity index is 2720. The maximum Gasteiger partial charge on any atom is 0.117 e. The molecule has 1 aliphatic carbocycles. The fourth-order valence-corrected chi connectivity index (χ4v) is 7.46. The van der Waals surface area contributed by atoms with Gasteiger partial charge in [0.25, 0.3) is 0 Å². The quantitative estimate of drug-likeness (QED) is 0.107. The third-order valence-electron chi connectivity index (χ3n) is 10.1. The van der Waals surface area contributed by atoms with Crippen molar-refractivity contribution in [1.29, 1.82) is 5.41 Å². The third-order valence-corrected chi connectivity index (χ3v) is 10.3. The zero-order valence-electron chi connectivity index (χ0n) is 31.4. The van der Waals surface area contributed by atoms with Crippen molar-refractivity contribution in [3.8, 4) is 0 Å². The molecule has 7 aromatic carbocycles. The molecule has 8 aromatic rings. The van der Waals surface area contributed by atoms with Crippen LogP contribution in [0.25, 0.3) is 22.0 Å². The van der Waals surface area contributed by atoms with Crippen molar-refractivity contribution in [3.05, 3.63) is 229 Å². The number of fused-ring (bicyclic) bond motifs is 1. The molecule has 2 N–H and O–H groups in total. The van der Waals surface area contributed by atoms with Crippen molar-refractivity contribution in [2.75, 3.05) is 15.2 Å². The first-order valence-corrected chi connectivity index (χ1v) is 19.4. The molecule has 6 nitrogen and oxygen atoms in total. The van der Waals surface area contributed by atoms with Crippen LogP contribution in [0, 0.1) is 5.41 Å². The molecule has 1 heterocycles. The van der Waals surface area contributed by atoms with Gasteiger partial charge in [0, 0.05) is 61.9 Å². The lowest BCUT2D eigenvalue weighted by atomic mass is 9.86. The van der Waals surface area contributed by atoms with E-state index >= 15 is 0 Å². The summed E-state index contributed by atoms with van der Waals surface area (Å²) in [6.07, 6.45) is 5.82.